The second kappa shape index (κ2) is 8.32. The molecule has 0 aliphatic carbocycles. The van der Waals surface area contributed by atoms with E-state index in [4.69, 9.17) is 0 Å². The third kappa shape index (κ3) is 4.00. The third-order valence-corrected chi connectivity index (χ3v) is 5.07. The lowest BCUT2D eigenvalue weighted by Crippen LogP contribution is -2.26. The smallest absolute Gasteiger partial charge is 0.267 e. The Morgan fingerprint density at radius 3 is 2.67 bits per heavy atom. The zero-order chi connectivity index (χ0) is 21.1. The quantitative estimate of drug-likeness (QED) is 0.511. The molecule has 0 saturated heterocycles. The molecular weight excluding hydrogens is 381 g/mol. The number of benzene rings is 1. The second-order valence-electron chi connectivity index (χ2n) is 7.06. The summed E-state index contributed by atoms with van der Waals surface area (Å²) < 4.78 is 14.9. The van der Waals surface area contributed by atoms with Crippen LogP contribution in [0.1, 0.15) is 27.4 Å². The molecule has 0 unspecified atom stereocenters. The minimum absolute atomic E-state index is 0.184. The van der Waals surface area contributed by atoms with E-state index in [1.54, 1.807) is 30.6 Å². The van der Waals surface area contributed by atoms with Gasteiger partial charge in [-0.2, -0.15) is 5.10 Å². The van der Waals surface area contributed by atoms with Gasteiger partial charge in [0.05, 0.1) is 5.69 Å². The van der Waals surface area contributed by atoms with Gasteiger partial charge in [-0.1, -0.05) is 18.2 Å². The number of carbonyl (C=O) groups is 1. The van der Waals surface area contributed by atoms with E-state index in [2.05, 4.69) is 20.4 Å². The Balaban J connectivity index is 1.40. The molecule has 0 aliphatic heterocycles. The van der Waals surface area contributed by atoms with Crippen LogP contribution in [-0.2, 0) is 6.42 Å². The van der Waals surface area contributed by atoms with E-state index in [1.807, 2.05) is 36.7 Å². The lowest BCUT2D eigenvalue weighted by Gasteiger charge is -2.06. The minimum Gasteiger partial charge on any atom is -0.357 e. The maximum Gasteiger partial charge on any atom is 0.267 e. The van der Waals surface area contributed by atoms with Crippen LogP contribution in [0.3, 0.4) is 0 Å². The van der Waals surface area contributed by atoms with Gasteiger partial charge < -0.3 is 10.3 Å². The van der Waals surface area contributed by atoms with Gasteiger partial charge in [-0.15, -0.1) is 0 Å². The molecule has 4 rings (SSSR count). The van der Waals surface area contributed by atoms with Crippen LogP contribution in [0.5, 0.6) is 0 Å². The number of nitrogens with one attached hydrogen (secondary N) is 2. The van der Waals surface area contributed by atoms with Crippen molar-refractivity contribution < 1.29 is 9.18 Å². The highest BCUT2D eigenvalue weighted by Crippen LogP contribution is 2.21. The molecule has 0 aliphatic rings. The van der Waals surface area contributed by atoms with E-state index < -0.39 is 0 Å². The number of aromatic nitrogens is 4. The number of hydrogen-bond acceptors (Lipinski definition) is 3. The first-order valence-electron chi connectivity index (χ1n) is 9.72. The van der Waals surface area contributed by atoms with E-state index in [1.165, 1.54) is 12.1 Å². The molecule has 4 aromatic rings. The molecule has 7 heteroatoms. The summed E-state index contributed by atoms with van der Waals surface area (Å²) in [6, 6.07) is 13.6. The highest BCUT2D eigenvalue weighted by molar-refractivity contribution is 5.93. The molecule has 0 spiro atoms. The average molecular weight is 403 g/mol. The SMILES string of the molecule is Cc1nn(-c2ccccn2)c(C)c1CCNC(=O)c1cc(-c2ccc(F)cc2)c[nH]1. The number of aryl methyl sites for hydroxylation is 1. The van der Waals surface area contributed by atoms with Gasteiger partial charge >= 0.3 is 0 Å². The molecule has 0 bridgehead atoms. The molecule has 2 N–H and O–H groups in total. The summed E-state index contributed by atoms with van der Waals surface area (Å²) in [5.41, 5.74) is 5.18. The van der Waals surface area contributed by atoms with Crippen molar-refractivity contribution in [2.24, 2.45) is 0 Å². The number of rotatable bonds is 6. The fourth-order valence-corrected chi connectivity index (χ4v) is 3.47. The zero-order valence-electron chi connectivity index (χ0n) is 16.8. The van der Waals surface area contributed by atoms with Crippen LogP contribution in [0.4, 0.5) is 4.39 Å². The van der Waals surface area contributed by atoms with E-state index in [9.17, 15) is 9.18 Å². The van der Waals surface area contributed by atoms with Crippen molar-refractivity contribution in [2.45, 2.75) is 20.3 Å². The average Bonchev–Trinajstić information content (AvgIpc) is 3.35. The van der Waals surface area contributed by atoms with Crippen LogP contribution in [-0.4, -0.2) is 32.2 Å². The molecular formula is C23H22FN5O. The Morgan fingerprint density at radius 2 is 1.93 bits per heavy atom. The van der Waals surface area contributed by atoms with Gasteiger partial charge in [0.25, 0.3) is 5.91 Å². The largest absolute Gasteiger partial charge is 0.357 e. The lowest BCUT2D eigenvalue weighted by atomic mass is 10.1. The van der Waals surface area contributed by atoms with E-state index in [0.717, 1.165) is 33.9 Å². The first-order chi connectivity index (χ1) is 14.5. The number of halogens is 1. The predicted octanol–water partition coefficient (Wildman–Crippen LogP) is 3.99. The molecule has 1 aromatic carbocycles. The lowest BCUT2D eigenvalue weighted by molar-refractivity contribution is 0.0949. The minimum atomic E-state index is -0.288. The van der Waals surface area contributed by atoms with Crippen LogP contribution in [0.25, 0.3) is 16.9 Å². The molecule has 3 heterocycles. The number of carbonyl (C=O) groups excluding carboxylic acids is 1. The number of H-pyrrole nitrogens is 1. The van der Waals surface area contributed by atoms with E-state index in [-0.39, 0.29) is 11.7 Å². The van der Waals surface area contributed by atoms with Crippen molar-refractivity contribution in [3.05, 3.63) is 89.4 Å². The van der Waals surface area contributed by atoms with Gasteiger partial charge in [0, 0.05) is 24.6 Å². The van der Waals surface area contributed by atoms with Crippen LogP contribution in [0, 0.1) is 19.7 Å². The summed E-state index contributed by atoms with van der Waals surface area (Å²) in [4.78, 5) is 19.8. The fraction of sp³-hybridized carbons (Fsp3) is 0.174. The van der Waals surface area contributed by atoms with Crippen LogP contribution in [0.2, 0.25) is 0 Å². The molecule has 3 aromatic heterocycles. The summed E-state index contributed by atoms with van der Waals surface area (Å²) in [5.74, 6) is 0.299. The van der Waals surface area contributed by atoms with Gasteiger partial charge in [-0.3, -0.25) is 4.79 Å². The Labute approximate surface area is 173 Å². The van der Waals surface area contributed by atoms with Crippen molar-refractivity contribution in [2.75, 3.05) is 6.54 Å². The summed E-state index contributed by atoms with van der Waals surface area (Å²) in [5, 5.41) is 7.53. The summed E-state index contributed by atoms with van der Waals surface area (Å²) in [6.07, 6.45) is 4.15. The predicted molar refractivity (Wildman–Crippen MR) is 113 cm³/mol. The molecule has 30 heavy (non-hydrogen) atoms. The summed E-state index contributed by atoms with van der Waals surface area (Å²) in [7, 11) is 0. The maximum atomic E-state index is 13.1. The van der Waals surface area contributed by atoms with Gasteiger partial charge in [0.15, 0.2) is 5.82 Å². The molecule has 0 saturated carbocycles. The molecule has 152 valence electrons. The topological polar surface area (TPSA) is 75.6 Å². The van der Waals surface area contributed by atoms with Gasteiger partial charge in [-0.25, -0.2) is 14.1 Å². The zero-order valence-corrected chi connectivity index (χ0v) is 16.8. The monoisotopic (exact) mass is 403 g/mol. The van der Waals surface area contributed by atoms with Crippen LogP contribution < -0.4 is 5.32 Å². The van der Waals surface area contributed by atoms with Crippen molar-refractivity contribution in [1.29, 1.82) is 0 Å². The molecule has 1 amide bonds. The second-order valence-corrected chi connectivity index (χ2v) is 7.06. The first-order valence-corrected chi connectivity index (χ1v) is 9.72. The Kier molecular flexibility index (Phi) is 5.43. The number of amides is 1. The van der Waals surface area contributed by atoms with Gasteiger partial charge in [0.2, 0.25) is 0 Å². The highest BCUT2D eigenvalue weighted by atomic mass is 19.1. The van der Waals surface area contributed by atoms with Gasteiger partial charge in [-0.05, 0) is 67.3 Å². The number of nitrogens with zero attached hydrogens (tertiary/aromatic N) is 3. The normalized spacial score (nSPS) is 10.9. The Hall–Kier alpha value is -3.74. The molecule has 0 radical (unpaired) electrons. The highest BCUT2D eigenvalue weighted by Gasteiger charge is 2.14. The first kappa shape index (κ1) is 19.6. The maximum absolute atomic E-state index is 13.1. The standard InChI is InChI=1S/C23H22FN5O/c1-15-20(16(2)29(28-15)22-5-3-4-11-25-22)10-12-26-23(30)21-13-18(14-27-21)17-6-8-19(24)9-7-17/h3-9,11,13-14,27H,10,12H2,1-2H3,(H,26,30). The summed E-state index contributed by atoms with van der Waals surface area (Å²) >= 11 is 0. The molecule has 0 fully saturated rings. The summed E-state index contributed by atoms with van der Waals surface area (Å²) in [6.45, 7) is 4.45. The van der Waals surface area contributed by atoms with Crippen LogP contribution >= 0.6 is 0 Å². The fourth-order valence-electron chi connectivity index (χ4n) is 3.47. The van der Waals surface area contributed by atoms with Crippen LogP contribution in [0.15, 0.2) is 60.9 Å². The van der Waals surface area contributed by atoms with Crippen molar-refractivity contribution in [1.82, 2.24) is 25.1 Å². The van der Waals surface area contributed by atoms with Gasteiger partial charge in [0.1, 0.15) is 11.5 Å². The number of hydrogen-bond donors (Lipinski definition) is 2. The van der Waals surface area contributed by atoms with E-state index in [0.29, 0.717) is 18.7 Å². The Morgan fingerprint density at radius 1 is 1.13 bits per heavy atom. The Bertz CT molecular complexity index is 1160. The molecule has 0 atom stereocenters. The van der Waals surface area contributed by atoms with Crippen molar-refractivity contribution >= 4 is 5.91 Å². The van der Waals surface area contributed by atoms with E-state index >= 15 is 0 Å². The molecule has 6 nitrogen and oxygen atoms in total. The van der Waals surface area contributed by atoms with Crippen molar-refractivity contribution in [3.63, 3.8) is 0 Å². The third-order valence-electron chi connectivity index (χ3n) is 5.07. The number of pyridine rings is 1. The number of aromatic amines is 1. The van der Waals surface area contributed by atoms with Crippen molar-refractivity contribution in [3.8, 4) is 16.9 Å².